The fraction of sp³-hybridized carbons (Fsp3) is 0.360. The molecule has 0 unspecified atom stereocenters. The van der Waals surface area contributed by atoms with E-state index in [4.69, 9.17) is 14.7 Å². The molecule has 3 aromatic heterocycles. The van der Waals surface area contributed by atoms with E-state index in [1.165, 1.54) is 23.9 Å². The summed E-state index contributed by atoms with van der Waals surface area (Å²) in [5, 5.41) is 7.00. The molecule has 1 amide bonds. The minimum atomic E-state index is -0.179. The molecule has 0 aliphatic heterocycles. The monoisotopic (exact) mass is 476 g/mol. The van der Waals surface area contributed by atoms with Gasteiger partial charge in [0.25, 0.3) is 0 Å². The van der Waals surface area contributed by atoms with Crippen molar-refractivity contribution < 1.29 is 9.53 Å². The molecule has 9 heteroatoms. The third-order valence-electron chi connectivity index (χ3n) is 6.17. The van der Waals surface area contributed by atoms with Crippen LogP contribution in [0.2, 0.25) is 0 Å². The van der Waals surface area contributed by atoms with Crippen LogP contribution in [0.5, 0.6) is 11.5 Å². The van der Waals surface area contributed by atoms with Crippen molar-refractivity contribution in [1.29, 1.82) is 0 Å². The fourth-order valence-corrected chi connectivity index (χ4v) is 5.38. The van der Waals surface area contributed by atoms with Gasteiger partial charge in [0.2, 0.25) is 11.9 Å². The molecule has 1 aliphatic rings. The van der Waals surface area contributed by atoms with Gasteiger partial charge >= 0.3 is 0 Å². The molecular weight excluding hydrogens is 448 g/mol. The molecule has 1 aromatic carbocycles. The van der Waals surface area contributed by atoms with Crippen molar-refractivity contribution in [3.8, 4) is 11.5 Å². The minimum absolute atomic E-state index is 0.179. The molecule has 1 aliphatic carbocycles. The number of carbonyl (C=O) groups is 1. The van der Waals surface area contributed by atoms with E-state index < -0.39 is 0 Å². The number of thiazole rings is 1. The zero-order valence-electron chi connectivity index (χ0n) is 20.0. The Morgan fingerprint density at radius 1 is 1.24 bits per heavy atom. The molecule has 0 saturated carbocycles. The molecule has 2 N–H and O–H groups in total. The van der Waals surface area contributed by atoms with Gasteiger partial charge in [-0.3, -0.25) is 4.79 Å². The number of fused-ring (bicyclic) bond motifs is 2. The van der Waals surface area contributed by atoms with Crippen LogP contribution in [0.25, 0.3) is 11.0 Å². The predicted molar refractivity (Wildman–Crippen MR) is 135 cm³/mol. The number of rotatable bonds is 5. The maximum Gasteiger partial charge on any atom is 0.222 e. The summed E-state index contributed by atoms with van der Waals surface area (Å²) in [7, 11) is 1.99. The van der Waals surface area contributed by atoms with Crippen molar-refractivity contribution in [2.75, 3.05) is 10.6 Å². The summed E-state index contributed by atoms with van der Waals surface area (Å²) in [4.78, 5) is 26.5. The zero-order chi connectivity index (χ0) is 24.0. The van der Waals surface area contributed by atoms with Crippen LogP contribution < -0.4 is 15.4 Å². The van der Waals surface area contributed by atoms with E-state index in [0.717, 1.165) is 40.5 Å². The maximum absolute atomic E-state index is 11.3. The average molecular weight is 477 g/mol. The summed E-state index contributed by atoms with van der Waals surface area (Å²) in [5.74, 6) is 2.33. The lowest BCUT2D eigenvalue weighted by Gasteiger charge is -2.27. The first kappa shape index (κ1) is 22.3. The lowest BCUT2D eigenvalue weighted by molar-refractivity contribution is -0.114. The number of anilines is 3. The molecule has 0 saturated heterocycles. The number of carbonyl (C=O) groups excluding carboxylic acids is 1. The lowest BCUT2D eigenvalue weighted by Crippen LogP contribution is -2.21. The second kappa shape index (κ2) is 8.39. The van der Waals surface area contributed by atoms with Gasteiger partial charge in [0.05, 0.1) is 16.7 Å². The number of hydrogen-bond donors (Lipinski definition) is 2. The van der Waals surface area contributed by atoms with Crippen LogP contribution in [0.1, 0.15) is 43.3 Å². The first-order valence-corrected chi connectivity index (χ1v) is 12.1. The number of nitrogens with one attached hydrogen (secondary N) is 2. The predicted octanol–water partition coefficient (Wildman–Crippen LogP) is 5.74. The van der Waals surface area contributed by atoms with Gasteiger partial charge in [-0.1, -0.05) is 13.8 Å². The standard InChI is InChI=1S/C25H28N6O2S/c1-14-19(33-16-9-11-26-21(12-16)27-15(2)32)7-6-17-22(14)31(5)23(28-17)30-24-29-18-13-25(3,4)10-8-20(18)34-24/h6-7,9,11-12H,8,10,13H2,1-5H3,(H,26,27,32)(H,28,29,30). The van der Waals surface area contributed by atoms with Gasteiger partial charge in [0.15, 0.2) is 5.13 Å². The Labute approximate surface area is 202 Å². The van der Waals surface area contributed by atoms with E-state index >= 15 is 0 Å². The second-order valence-corrected chi connectivity index (χ2v) is 10.6. The number of aromatic nitrogens is 4. The summed E-state index contributed by atoms with van der Waals surface area (Å²) >= 11 is 1.73. The number of hydrogen-bond acceptors (Lipinski definition) is 7. The van der Waals surface area contributed by atoms with E-state index in [-0.39, 0.29) is 5.91 Å². The Kier molecular flexibility index (Phi) is 5.51. The highest BCUT2D eigenvalue weighted by Crippen LogP contribution is 2.39. The maximum atomic E-state index is 11.3. The molecule has 0 spiro atoms. The van der Waals surface area contributed by atoms with E-state index in [9.17, 15) is 4.79 Å². The van der Waals surface area contributed by atoms with Crippen LogP contribution in [0.3, 0.4) is 0 Å². The number of pyridine rings is 1. The third kappa shape index (κ3) is 4.35. The zero-order valence-corrected chi connectivity index (χ0v) is 20.8. The largest absolute Gasteiger partial charge is 0.457 e. The van der Waals surface area contributed by atoms with Crippen LogP contribution in [0, 0.1) is 12.3 Å². The summed E-state index contributed by atoms with van der Waals surface area (Å²) in [6, 6.07) is 7.33. The van der Waals surface area contributed by atoms with Gasteiger partial charge in [-0.05, 0) is 49.8 Å². The smallest absolute Gasteiger partial charge is 0.222 e. The summed E-state index contributed by atoms with van der Waals surface area (Å²) in [5.41, 5.74) is 4.36. The Hall–Kier alpha value is -3.46. The van der Waals surface area contributed by atoms with Crippen molar-refractivity contribution in [1.82, 2.24) is 19.5 Å². The average Bonchev–Trinajstić information content (AvgIpc) is 3.29. The number of aryl methyl sites for hydroxylation is 3. The minimum Gasteiger partial charge on any atom is -0.457 e. The molecule has 176 valence electrons. The quantitative estimate of drug-likeness (QED) is 0.381. The van der Waals surface area contributed by atoms with E-state index in [1.807, 2.05) is 30.7 Å². The highest BCUT2D eigenvalue weighted by molar-refractivity contribution is 7.15. The third-order valence-corrected chi connectivity index (χ3v) is 7.25. The highest BCUT2D eigenvalue weighted by Gasteiger charge is 2.28. The van der Waals surface area contributed by atoms with Crippen LogP contribution >= 0.6 is 11.3 Å². The van der Waals surface area contributed by atoms with E-state index in [1.54, 1.807) is 29.7 Å². The SMILES string of the molecule is CC(=O)Nc1cc(Oc2ccc3nc(Nc4nc5c(s4)CCC(C)(C)C5)n(C)c3c2C)ccn1. The Balaban J connectivity index is 1.42. The number of ether oxygens (including phenoxy) is 1. The van der Waals surface area contributed by atoms with Crippen LogP contribution in [0.15, 0.2) is 30.5 Å². The van der Waals surface area contributed by atoms with Crippen LogP contribution in [-0.2, 0) is 24.7 Å². The van der Waals surface area contributed by atoms with Crippen molar-refractivity contribution in [2.24, 2.45) is 12.5 Å². The van der Waals surface area contributed by atoms with Gasteiger partial charge in [-0.2, -0.15) is 0 Å². The highest BCUT2D eigenvalue weighted by atomic mass is 32.1. The Morgan fingerprint density at radius 2 is 2.06 bits per heavy atom. The number of nitrogens with zero attached hydrogens (tertiary/aromatic N) is 4. The Morgan fingerprint density at radius 3 is 2.85 bits per heavy atom. The second-order valence-electron chi connectivity index (χ2n) is 9.57. The molecule has 4 aromatic rings. The first-order valence-electron chi connectivity index (χ1n) is 11.3. The molecule has 34 heavy (non-hydrogen) atoms. The molecule has 0 atom stereocenters. The van der Waals surface area contributed by atoms with Crippen molar-refractivity contribution in [2.45, 2.75) is 47.0 Å². The molecule has 0 bridgehead atoms. The summed E-state index contributed by atoms with van der Waals surface area (Å²) in [6.07, 6.45) is 4.90. The molecular formula is C25H28N6O2S. The number of imidazole rings is 1. The Bertz CT molecular complexity index is 1400. The molecule has 0 fully saturated rings. The van der Waals surface area contributed by atoms with Gasteiger partial charge in [-0.15, -0.1) is 11.3 Å². The molecule has 8 nitrogen and oxygen atoms in total. The van der Waals surface area contributed by atoms with Crippen molar-refractivity contribution in [3.63, 3.8) is 0 Å². The number of amides is 1. The molecule has 3 heterocycles. The topological polar surface area (TPSA) is 94.0 Å². The van der Waals surface area contributed by atoms with Crippen LogP contribution in [-0.4, -0.2) is 25.4 Å². The van der Waals surface area contributed by atoms with Gasteiger partial charge < -0.3 is 19.9 Å². The number of benzene rings is 1. The fourth-order valence-electron chi connectivity index (χ4n) is 4.41. The van der Waals surface area contributed by atoms with Crippen LogP contribution in [0.4, 0.5) is 16.9 Å². The lowest BCUT2D eigenvalue weighted by atomic mass is 9.79. The van der Waals surface area contributed by atoms with Crippen molar-refractivity contribution in [3.05, 3.63) is 46.6 Å². The summed E-state index contributed by atoms with van der Waals surface area (Å²) < 4.78 is 8.17. The van der Waals surface area contributed by atoms with Gasteiger partial charge in [0.1, 0.15) is 17.3 Å². The van der Waals surface area contributed by atoms with Crippen molar-refractivity contribution >= 4 is 45.2 Å². The summed E-state index contributed by atoms with van der Waals surface area (Å²) in [6.45, 7) is 8.08. The van der Waals surface area contributed by atoms with E-state index in [2.05, 4.69) is 29.5 Å². The first-order chi connectivity index (χ1) is 16.2. The van der Waals surface area contributed by atoms with E-state index in [0.29, 0.717) is 22.7 Å². The normalized spacial score (nSPS) is 14.6. The van der Waals surface area contributed by atoms with Gasteiger partial charge in [0, 0.05) is 36.7 Å². The van der Waals surface area contributed by atoms with Gasteiger partial charge in [-0.25, -0.2) is 15.0 Å². The molecule has 0 radical (unpaired) electrons. The molecule has 5 rings (SSSR count).